The molecule has 0 heterocycles. The van der Waals surface area contributed by atoms with Crippen LogP contribution in [0.4, 0.5) is 0 Å². The minimum Gasteiger partial charge on any atom is -0.481 e. The number of hydrogen-bond donors (Lipinski definition) is 2. The van der Waals surface area contributed by atoms with Gasteiger partial charge in [0.15, 0.2) is 0 Å². The second-order valence-electron chi connectivity index (χ2n) is 4.88. The van der Waals surface area contributed by atoms with E-state index in [2.05, 4.69) is 48.6 Å². The molecule has 0 radical (unpaired) electrons. The number of fused-ring (bicyclic) bond motifs is 1. The molecule has 0 fully saturated rings. The highest BCUT2D eigenvalue weighted by atomic mass is 16.4. The number of rotatable bonds is 5. The van der Waals surface area contributed by atoms with Crippen molar-refractivity contribution in [2.75, 3.05) is 7.05 Å². The van der Waals surface area contributed by atoms with Gasteiger partial charge in [0.1, 0.15) is 0 Å². The van der Waals surface area contributed by atoms with Crippen molar-refractivity contribution in [3.8, 4) is 0 Å². The van der Waals surface area contributed by atoms with Crippen LogP contribution in [0.2, 0.25) is 0 Å². The highest BCUT2D eigenvalue weighted by Crippen LogP contribution is 2.24. The lowest BCUT2D eigenvalue weighted by molar-refractivity contribution is -0.137. The lowest BCUT2D eigenvalue weighted by Gasteiger charge is -2.16. The summed E-state index contributed by atoms with van der Waals surface area (Å²) in [6.07, 6.45) is 0.778. The van der Waals surface area contributed by atoms with Gasteiger partial charge >= 0.3 is 5.97 Å². The Morgan fingerprint density at radius 2 is 1.89 bits per heavy atom. The highest BCUT2D eigenvalue weighted by Gasteiger charge is 2.11. The van der Waals surface area contributed by atoms with Crippen LogP contribution in [0.25, 0.3) is 10.8 Å². The van der Waals surface area contributed by atoms with Gasteiger partial charge in [-0.25, -0.2) is 0 Å². The van der Waals surface area contributed by atoms with Gasteiger partial charge in [0.2, 0.25) is 0 Å². The largest absolute Gasteiger partial charge is 0.481 e. The Labute approximate surface area is 113 Å². The zero-order valence-electron chi connectivity index (χ0n) is 11.3. The van der Waals surface area contributed by atoms with Gasteiger partial charge < -0.3 is 10.4 Å². The SMILES string of the molecule is CNC(CCC(=O)O)c1ccc2cc(C)ccc2c1. The summed E-state index contributed by atoms with van der Waals surface area (Å²) in [4.78, 5) is 10.7. The number of aliphatic carboxylic acids is 1. The lowest BCUT2D eigenvalue weighted by atomic mass is 9.98. The van der Waals surface area contributed by atoms with Gasteiger partial charge in [-0.05, 0) is 42.8 Å². The summed E-state index contributed by atoms with van der Waals surface area (Å²) >= 11 is 0. The van der Waals surface area contributed by atoms with E-state index in [0.717, 1.165) is 5.56 Å². The third-order valence-electron chi connectivity index (χ3n) is 3.42. The number of carbonyl (C=O) groups is 1. The van der Waals surface area contributed by atoms with E-state index in [9.17, 15) is 4.79 Å². The molecule has 100 valence electrons. The van der Waals surface area contributed by atoms with Gasteiger partial charge in [-0.15, -0.1) is 0 Å². The zero-order chi connectivity index (χ0) is 13.8. The number of carboxylic acid groups (broad SMARTS) is 1. The van der Waals surface area contributed by atoms with Gasteiger partial charge in [0, 0.05) is 12.5 Å². The molecule has 0 aliphatic rings. The van der Waals surface area contributed by atoms with E-state index in [4.69, 9.17) is 5.11 Å². The summed E-state index contributed by atoms with van der Waals surface area (Å²) in [6, 6.07) is 12.8. The molecule has 3 nitrogen and oxygen atoms in total. The summed E-state index contributed by atoms with van der Waals surface area (Å²) in [5, 5.41) is 14.4. The number of hydrogen-bond acceptors (Lipinski definition) is 2. The molecule has 1 unspecified atom stereocenters. The van der Waals surface area contributed by atoms with E-state index >= 15 is 0 Å². The van der Waals surface area contributed by atoms with Gasteiger partial charge in [-0.2, -0.15) is 0 Å². The maximum Gasteiger partial charge on any atom is 0.303 e. The second-order valence-corrected chi connectivity index (χ2v) is 4.88. The molecule has 2 aromatic carbocycles. The van der Waals surface area contributed by atoms with Crippen molar-refractivity contribution in [1.29, 1.82) is 0 Å². The van der Waals surface area contributed by atoms with Gasteiger partial charge in [0.05, 0.1) is 0 Å². The smallest absolute Gasteiger partial charge is 0.303 e. The molecule has 2 aromatic rings. The van der Waals surface area contributed by atoms with E-state index in [1.54, 1.807) is 0 Å². The van der Waals surface area contributed by atoms with Gasteiger partial charge in [0.25, 0.3) is 0 Å². The number of carboxylic acids is 1. The molecule has 0 amide bonds. The molecule has 2 rings (SSSR count). The van der Waals surface area contributed by atoms with Crippen LogP contribution in [-0.4, -0.2) is 18.1 Å². The van der Waals surface area contributed by atoms with Crippen LogP contribution in [0.3, 0.4) is 0 Å². The van der Waals surface area contributed by atoms with Crippen LogP contribution >= 0.6 is 0 Å². The Morgan fingerprint density at radius 3 is 2.58 bits per heavy atom. The Balaban J connectivity index is 2.28. The van der Waals surface area contributed by atoms with Crippen molar-refractivity contribution >= 4 is 16.7 Å². The third kappa shape index (κ3) is 3.32. The van der Waals surface area contributed by atoms with E-state index in [1.807, 2.05) is 7.05 Å². The van der Waals surface area contributed by atoms with Gasteiger partial charge in [-0.1, -0.05) is 35.9 Å². The fourth-order valence-corrected chi connectivity index (χ4v) is 2.35. The number of aryl methyl sites for hydroxylation is 1. The fraction of sp³-hybridized carbons (Fsp3) is 0.312. The molecular weight excluding hydrogens is 238 g/mol. The van der Waals surface area contributed by atoms with Crippen LogP contribution in [0.1, 0.15) is 30.0 Å². The molecule has 0 spiro atoms. The van der Waals surface area contributed by atoms with E-state index < -0.39 is 5.97 Å². The molecule has 2 N–H and O–H groups in total. The van der Waals surface area contributed by atoms with Crippen LogP contribution < -0.4 is 5.32 Å². The monoisotopic (exact) mass is 257 g/mol. The van der Waals surface area contributed by atoms with Crippen molar-refractivity contribution < 1.29 is 9.90 Å². The molecule has 0 aliphatic carbocycles. The van der Waals surface area contributed by atoms with Gasteiger partial charge in [-0.3, -0.25) is 4.79 Å². The summed E-state index contributed by atoms with van der Waals surface area (Å²) in [7, 11) is 1.87. The third-order valence-corrected chi connectivity index (χ3v) is 3.42. The quantitative estimate of drug-likeness (QED) is 0.864. The molecular formula is C16H19NO2. The van der Waals surface area contributed by atoms with E-state index in [-0.39, 0.29) is 12.5 Å². The maximum atomic E-state index is 10.7. The van der Waals surface area contributed by atoms with Crippen molar-refractivity contribution in [3.63, 3.8) is 0 Å². The second kappa shape index (κ2) is 5.85. The first-order valence-corrected chi connectivity index (χ1v) is 6.49. The predicted molar refractivity (Wildman–Crippen MR) is 77.4 cm³/mol. The molecule has 1 atom stereocenters. The minimum atomic E-state index is -0.753. The first-order valence-electron chi connectivity index (χ1n) is 6.49. The highest BCUT2D eigenvalue weighted by molar-refractivity contribution is 5.83. The number of benzene rings is 2. The molecule has 0 aromatic heterocycles. The average Bonchev–Trinajstić information content (AvgIpc) is 2.39. The molecule has 19 heavy (non-hydrogen) atoms. The Bertz CT molecular complexity index is 592. The molecule has 0 aliphatic heterocycles. The fourth-order valence-electron chi connectivity index (χ4n) is 2.35. The maximum absolute atomic E-state index is 10.7. The van der Waals surface area contributed by atoms with Crippen molar-refractivity contribution in [3.05, 3.63) is 47.5 Å². The lowest BCUT2D eigenvalue weighted by Crippen LogP contribution is -2.17. The predicted octanol–water partition coefficient (Wildman–Crippen LogP) is 3.27. The standard InChI is InChI=1S/C16H19NO2/c1-11-3-4-13-10-14(6-5-12(13)9-11)15(17-2)7-8-16(18)19/h3-6,9-10,15,17H,7-8H2,1-2H3,(H,18,19). The number of nitrogens with one attached hydrogen (secondary N) is 1. The average molecular weight is 257 g/mol. The molecule has 3 heteroatoms. The minimum absolute atomic E-state index is 0.0850. The van der Waals surface area contributed by atoms with Crippen molar-refractivity contribution in [2.24, 2.45) is 0 Å². The summed E-state index contributed by atoms with van der Waals surface area (Å²) < 4.78 is 0. The first-order chi connectivity index (χ1) is 9.10. The first kappa shape index (κ1) is 13.6. The Morgan fingerprint density at radius 1 is 1.21 bits per heavy atom. The van der Waals surface area contributed by atoms with E-state index in [0.29, 0.717) is 6.42 Å². The van der Waals surface area contributed by atoms with Crippen LogP contribution in [0.5, 0.6) is 0 Å². The van der Waals surface area contributed by atoms with Crippen LogP contribution in [0.15, 0.2) is 36.4 Å². The van der Waals surface area contributed by atoms with E-state index in [1.165, 1.54) is 16.3 Å². The van der Waals surface area contributed by atoms with Crippen LogP contribution in [0, 0.1) is 6.92 Å². The summed E-state index contributed by atoms with van der Waals surface area (Å²) in [6.45, 7) is 2.08. The Kier molecular flexibility index (Phi) is 4.17. The van der Waals surface area contributed by atoms with Crippen LogP contribution in [-0.2, 0) is 4.79 Å². The van der Waals surface area contributed by atoms with Crippen molar-refractivity contribution in [2.45, 2.75) is 25.8 Å². The summed E-state index contributed by atoms with van der Waals surface area (Å²) in [5.74, 6) is -0.753. The zero-order valence-corrected chi connectivity index (χ0v) is 11.3. The molecule has 0 bridgehead atoms. The normalized spacial score (nSPS) is 12.5. The molecule has 0 saturated heterocycles. The summed E-state index contributed by atoms with van der Waals surface area (Å²) in [5.41, 5.74) is 2.39. The van der Waals surface area contributed by atoms with Crippen molar-refractivity contribution in [1.82, 2.24) is 5.32 Å². The topological polar surface area (TPSA) is 49.3 Å². The Hall–Kier alpha value is -1.87. The molecule has 0 saturated carbocycles.